The highest BCUT2D eigenvalue weighted by molar-refractivity contribution is 6.00. The number of hydrogen-bond donors (Lipinski definition) is 2. The number of benzene rings is 1. The monoisotopic (exact) mass is 355 g/mol. The van der Waals surface area contributed by atoms with Gasteiger partial charge in [-0.05, 0) is 41.7 Å². The zero-order valence-corrected chi connectivity index (χ0v) is 14.0. The van der Waals surface area contributed by atoms with Gasteiger partial charge in [0.25, 0.3) is 5.91 Å². The molecule has 2 N–H and O–H groups in total. The maximum Gasteiger partial charge on any atom is 0.296 e. The molecule has 6 nitrogen and oxygen atoms in total. The Balaban J connectivity index is 1.85. The van der Waals surface area contributed by atoms with Crippen molar-refractivity contribution in [1.29, 1.82) is 0 Å². The van der Waals surface area contributed by atoms with E-state index in [1.807, 2.05) is 10.8 Å². The zero-order chi connectivity index (χ0) is 18.3. The predicted molar refractivity (Wildman–Crippen MR) is 92.6 cm³/mol. The first-order chi connectivity index (χ1) is 12.6. The van der Waals surface area contributed by atoms with E-state index in [1.54, 1.807) is 18.3 Å². The van der Waals surface area contributed by atoms with E-state index in [0.717, 1.165) is 27.6 Å². The predicted octanol–water partition coefficient (Wildman–Crippen LogP) is 2.15. The molecule has 0 radical (unpaired) electrons. The molecule has 1 aromatic carbocycles. The third-order valence-electron chi connectivity index (χ3n) is 4.76. The van der Waals surface area contributed by atoms with Gasteiger partial charge in [0, 0.05) is 24.7 Å². The zero-order valence-electron chi connectivity index (χ0n) is 14.0. The fourth-order valence-electron chi connectivity index (χ4n) is 3.54. The van der Waals surface area contributed by atoms with Crippen LogP contribution in [0.4, 0.5) is 4.39 Å². The summed E-state index contributed by atoms with van der Waals surface area (Å²) < 4.78 is 15.1. The summed E-state index contributed by atoms with van der Waals surface area (Å²) in [4.78, 5) is 16.5. The molecule has 26 heavy (non-hydrogen) atoms. The Kier molecular flexibility index (Phi) is 4.18. The molecule has 1 aliphatic rings. The summed E-state index contributed by atoms with van der Waals surface area (Å²) in [5.41, 5.74) is 3.79. The highest BCUT2D eigenvalue weighted by atomic mass is 19.1. The summed E-state index contributed by atoms with van der Waals surface area (Å²) in [6.07, 6.45) is 4.53. The van der Waals surface area contributed by atoms with Gasteiger partial charge >= 0.3 is 0 Å². The number of nitrogens with zero attached hydrogens (tertiary/aromatic N) is 3. The summed E-state index contributed by atoms with van der Waals surface area (Å²) in [7, 11) is 0. The van der Waals surface area contributed by atoms with Crippen molar-refractivity contribution < 1.29 is 19.5 Å². The lowest BCUT2D eigenvalue weighted by Gasteiger charge is -2.22. The van der Waals surface area contributed by atoms with Gasteiger partial charge in [0.2, 0.25) is 0 Å². The number of halogens is 1. The molecule has 1 amide bonds. The molecule has 0 unspecified atom stereocenters. The molecule has 3 heterocycles. The number of carbonyl (C=O) groups is 1. The van der Waals surface area contributed by atoms with Crippen LogP contribution < -0.4 is 0 Å². The standard InChI is InChI=1S/C19H18FN3O3/c20-14-3-1-12(2-4-14)10-22-11-13(6-8-24)17-15-5-7-23(26)19(25)18(15)21-9-16(17)22/h1-4,9,11,24,26H,5-8,10H2. The Bertz CT molecular complexity index is 982. The quantitative estimate of drug-likeness (QED) is 0.703. The lowest BCUT2D eigenvalue weighted by atomic mass is 9.98. The van der Waals surface area contributed by atoms with Gasteiger partial charge in [-0.15, -0.1) is 0 Å². The number of hydrogen-bond acceptors (Lipinski definition) is 4. The number of aliphatic hydroxyl groups excluding tert-OH is 1. The first-order valence-electron chi connectivity index (χ1n) is 8.44. The minimum Gasteiger partial charge on any atom is -0.396 e. The van der Waals surface area contributed by atoms with Crippen LogP contribution in [0.15, 0.2) is 36.7 Å². The van der Waals surface area contributed by atoms with Crippen LogP contribution in [0.25, 0.3) is 10.9 Å². The number of carbonyl (C=O) groups excluding carboxylic acids is 1. The third kappa shape index (κ3) is 2.75. The molecule has 0 aliphatic carbocycles. The molecule has 7 heteroatoms. The van der Waals surface area contributed by atoms with Crippen molar-refractivity contribution in [2.75, 3.05) is 13.2 Å². The van der Waals surface area contributed by atoms with Crippen molar-refractivity contribution in [1.82, 2.24) is 14.6 Å². The van der Waals surface area contributed by atoms with Crippen molar-refractivity contribution in [3.63, 3.8) is 0 Å². The van der Waals surface area contributed by atoms with Crippen LogP contribution in [0, 0.1) is 5.82 Å². The summed E-state index contributed by atoms with van der Waals surface area (Å²) in [6.45, 7) is 0.740. The number of aliphatic hydroxyl groups is 1. The maximum atomic E-state index is 13.1. The molecule has 0 atom stereocenters. The fourth-order valence-corrected chi connectivity index (χ4v) is 3.54. The molecule has 0 bridgehead atoms. The first-order valence-corrected chi connectivity index (χ1v) is 8.44. The van der Waals surface area contributed by atoms with Crippen LogP contribution in [0.5, 0.6) is 0 Å². The number of aromatic nitrogens is 2. The van der Waals surface area contributed by atoms with E-state index in [9.17, 15) is 19.5 Å². The number of amides is 1. The van der Waals surface area contributed by atoms with Crippen LogP contribution in [-0.2, 0) is 19.4 Å². The van der Waals surface area contributed by atoms with Crippen molar-refractivity contribution >= 4 is 16.8 Å². The van der Waals surface area contributed by atoms with Crippen LogP contribution in [-0.4, -0.2) is 44.0 Å². The maximum absolute atomic E-state index is 13.1. The average molecular weight is 355 g/mol. The average Bonchev–Trinajstić information content (AvgIpc) is 2.98. The van der Waals surface area contributed by atoms with Crippen LogP contribution in [0.3, 0.4) is 0 Å². The second-order valence-corrected chi connectivity index (χ2v) is 6.41. The molecular formula is C19H18FN3O3. The van der Waals surface area contributed by atoms with Gasteiger partial charge in [0.1, 0.15) is 11.5 Å². The largest absolute Gasteiger partial charge is 0.396 e. The van der Waals surface area contributed by atoms with E-state index >= 15 is 0 Å². The Labute approximate surface area is 149 Å². The van der Waals surface area contributed by atoms with E-state index in [2.05, 4.69) is 4.98 Å². The third-order valence-corrected chi connectivity index (χ3v) is 4.76. The van der Waals surface area contributed by atoms with Crippen molar-refractivity contribution in [3.05, 3.63) is 64.9 Å². The summed E-state index contributed by atoms with van der Waals surface area (Å²) in [5.74, 6) is -0.788. The summed E-state index contributed by atoms with van der Waals surface area (Å²) in [5, 5.41) is 20.7. The second-order valence-electron chi connectivity index (χ2n) is 6.41. The lowest BCUT2D eigenvalue weighted by Crippen LogP contribution is -2.35. The first kappa shape index (κ1) is 16.7. The molecular weight excluding hydrogens is 337 g/mol. The van der Waals surface area contributed by atoms with Gasteiger partial charge in [-0.2, -0.15) is 0 Å². The van der Waals surface area contributed by atoms with Crippen molar-refractivity contribution in [3.8, 4) is 0 Å². The molecule has 4 rings (SSSR count). The molecule has 0 saturated heterocycles. The molecule has 2 aromatic heterocycles. The number of rotatable bonds is 4. The Morgan fingerprint density at radius 3 is 2.73 bits per heavy atom. The van der Waals surface area contributed by atoms with Crippen LogP contribution in [0.2, 0.25) is 0 Å². The molecule has 0 fully saturated rings. The molecule has 3 aromatic rings. The minimum absolute atomic E-state index is 0.00711. The van der Waals surface area contributed by atoms with Gasteiger partial charge in [-0.1, -0.05) is 12.1 Å². The topological polar surface area (TPSA) is 78.6 Å². The summed E-state index contributed by atoms with van der Waals surface area (Å²) in [6, 6.07) is 6.30. The molecule has 1 aliphatic heterocycles. The summed E-state index contributed by atoms with van der Waals surface area (Å²) >= 11 is 0. The normalized spacial score (nSPS) is 14.1. The van der Waals surface area contributed by atoms with Gasteiger partial charge in [-0.25, -0.2) is 14.4 Å². The second kappa shape index (κ2) is 6.51. The Hall–Kier alpha value is -2.77. The number of hydroxylamine groups is 2. The molecule has 0 spiro atoms. The van der Waals surface area contributed by atoms with Gasteiger partial charge in [0.15, 0.2) is 0 Å². The van der Waals surface area contributed by atoms with Crippen LogP contribution in [0.1, 0.15) is 27.2 Å². The van der Waals surface area contributed by atoms with Gasteiger partial charge in [0.05, 0.1) is 18.3 Å². The van der Waals surface area contributed by atoms with Gasteiger partial charge in [-0.3, -0.25) is 10.0 Å². The molecule has 0 saturated carbocycles. The van der Waals surface area contributed by atoms with E-state index in [4.69, 9.17) is 0 Å². The fraction of sp³-hybridized carbons (Fsp3) is 0.263. The molecule has 134 valence electrons. The van der Waals surface area contributed by atoms with Crippen molar-refractivity contribution in [2.24, 2.45) is 0 Å². The van der Waals surface area contributed by atoms with E-state index in [0.29, 0.717) is 24.4 Å². The number of pyridine rings is 1. The van der Waals surface area contributed by atoms with E-state index in [1.165, 1.54) is 12.1 Å². The smallest absolute Gasteiger partial charge is 0.296 e. The number of fused-ring (bicyclic) bond motifs is 3. The van der Waals surface area contributed by atoms with E-state index in [-0.39, 0.29) is 24.7 Å². The SMILES string of the molecule is O=C1c2ncc3c(c(CCO)cn3Cc3ccc(F)cc3)c2CCN1O. The lowest BCUT2D eigenvalue weighted by molar-refractivity contribution is -0.0606. The van der Waals surface area contributed by atoms with Gasteiger partial charge < -0.3 is 9.67 Å². The van der Waals surface area contributed by atoms with E-state index < -0.39 is 5.91 Å². The van der Waals surface area contributed by atoms with Crippen LogP contribution >= 0.6 is 0 Å². The van der Waals surface area contributed by atoms with Crippen molar-refractivity contribution in [2.45, 2.75) is 19.4 Å². The highest BCUT2D eigenvalue weighted by Gasteiger charge is 2.28. The Morgan fingerprint density at radius 2 is 2.00 bits per heavy atom. The minimum atomic E-state index is -0.505. The highest BCUT2D eigenvalue weighted by Crippen LogP contribution is 2.30. The Morgan fingerprint density at radius 1 is 1.23 bits per heavy atom.